The number of hydrogen-bond acceptors (Lipinski definition) is 0. The molecule has 5 aromatic heterocycles. The van der Waals surface area contributed by atoms with Crippen LogP contribution in [0.5, 0.6) is 0 Å². The Labute approximate surface area is 663 Å². The summed E-state index contributed by atoms with van der Waals surface area (Å²) in [5.41, 5.74) is 33.2. The zero-order valence-electron chi connectivity index (χ0n) is 77.8. The fraction of sp³-hybridized carbons (Fsp3) is 0.382. The third-order valence-corrected chi connectivity index (χ3v) is 20.3. The van der Waals surface area contributed by atoms with Crippen LogP contribution in [0.15, 0.2) is 207 Å². The Hall–Kier alpha value is -9.39. The highest BCUT2D eigenvalue weighted by Gasteiger charge is 2.32. The Balaban J connectivity index is 0.000000183. The van der Waals surface area contributed by atoms with Crippen LogP contribution < -0.4 is 22.8 Å². The Morgan fingerprint density at radius 1 is 0.343 bits per heavy atom. The molecule has 0 aliphatic heterocycles. The minimum atomic E-state index is -2.11. The van der Waals surface area contributed by atoms with E-state index in [9.17, 15) is 0 Å². The molecular formula is C102H133N6+5. The van der Waals surface area contributed by atoms with Gasteiger partial charge in [0.2, 0.25) is 22.8 Å². The molecule has 0 aliphatic carbocycles. The highest BCUT2D eigenvalue weighted by atomic mass is 15.2. The van der Waals surface area contributed by atoms with Crippen LogP contribution in [0.2, 0.25) is 0 Å². The molecular weight excluding hydrogens is 1310 g/mol. The first-order valence-corrected chi connectivity index (χ1v) is 39.4. The van der Waals surface area contributed by atoms with Crippen LogP contribution in [0.3, 0.4) is 0 Å². The molecule has 0 saturated heterocycles. The van der Waals surface area contributed by atoms with Gasteiger partial charge in [0.1, 0.15) is 33.9 Å². The van der Waals surface area contributed by atoms with Crippen LogP contribution in [-0.4, -0.2) is 4.57 Å². The maximum absolute atomic E-state index is 8.33. The van der Waals surface area contributed by atoms with Gasteiger partial charge >= 0.3 is 0 Å². The van der Waals surface area contributed by atoms with Crippen molar-refractivity contribution in [2.75, 3.05) is 0 Å². The minimum absolute atomic E-state index is 0.0551. The zero-order valence-corrected chi connectivity index (χ0v) is 70.8. The summed E-state index contributed by atoms with van der Waals surface area (Å²) in [5, 5.41) is 0. The van der Waals surface area contributed by atoms with Gasteiger partial charge < -0.3 is 0 Å². The van der Waals surface area contributed by atoms with Gasteiger partial charge in [0, 0.05) is 89.5 Å². The summed E-state index contributed by atoms with van der Waals surface area (Å²) >= 11 is 0. The van der Waals surface area contributed by atoms with Crippen LogP contribution in [-0.2, 0) is 60.8 Å². The van der Waals surface area contributed by atoms with E-state index >= 15 is 0 Å². The summed E-state index contributed by atoms with van der Waals surface area (Å²) in [6.45, 7) is 45.4. The van der Waals surface area contributed by atoms with E-state index in [1.807, 2.05) is 107 Å². The summed E-state index contributed by atoms with van der Waals surface area (Å²) in [6, 6.07) is 63.8. The van der Waals surface area contributed by atoms with Crippen LogP contribution in [0.4, 0.5) is 0 Å². The number of fused-ring (bicyclic) bond motifs is 1. The van der Waals surface area contributed by atoms with Gasteiger partial charge in [-0.3, -0.25) is 0 Å². The molecule has 108 heavy (non-hydrogen) atoms. The molecule has 5 heterocycles. The Morgan fingerprint density at radius 2 is 0.759 bits per heavy atom. The van der Waals surface area contributed by atoms with Gasteiger partial charge in [-0.25, -0.2) is 22.8 Å². The lowest BCUT2D eigenvalue weighted by Gasteiger charge is -2.21. The van der Waals surface area contributed by atoms with Crippen molar-refractivity contribution in [2.24, 2.45) is 58.9 Å². The number of benzene rings is 7. The number of para-hydroxylation sites is 2. The van der Waals surface area contributed by atoms with E-state index in [2.05, 4.69) is 302 Å². The van der Waals surface area contributed by atoms with Gasteiger partial charge in [-0.05, 0) is 228 Å². The molecule has 0 N–H and O–H groups in total. The first kappa shape index (κ1) is 74.1. The number of aryl methyl sites for hydroxylation is 14. The monoisotopic (exact) mass is 1450 g/mol. The second-order valence-corrected chi connectivity index (χ2v) is 32.6. The molecule has 12 aromatic rings. The average molecular weight is 1450 g/mol. The predicted octanol–water partition coefficient (Wildman–Crippen LogP) is 23.8. The van der Waals surface area contributed by atoms with E-state index < -0.39 is 19.6 Å². The molecule has 6 heteroatoms. The molecule has 12 rings (SSSR count). The first-order valence-electron chi connectivity index (χ1n) is 42.9. The van der Waals surface area contributed by atoms with Crippen molar-refractivity contribution in [3.8, 4) is 62.1 Å². The van der Waals surface area contributed by atoms with Crippen molar-refractivity contribution in [1.29, 1.82) is 0 Å². The van der Waals surface area contributed by atoms with E-state index in [4.69, 9.17) is 9.60 Å². The molecule has 0 spiro atoms. The Kier molecular flexibility index (Phi) is 26.1. The summed E-state index contributed by atoms with van der Waals surface area (Å²) in [7, 11) is 10.4. The lowest BCUT2D eigenvalue weighted by molar-refractivity contribution is -0.661. The quantitative estimate of drug-likeness (QED) is 0.0812. The van der Waals surface area contributed by atoms with E-state index in [1.54, 1.807) is 12.1 Å². The van der Waals surface area contributed by atoms with Crippen molar-refractivity contribution in [3.05, 3.63) is 296 Å². The normalized spacial score (nSPS) is 12.7. The van der Waals surface area contributed by atoms with Gasteiger partial charge in [0.05, 0.1) is 12.6 Å². The third kappa shape index (κ3) is 21.5. The van der Waals surface area contributed by atoms with Crippen LogP contribution in [0.25, 0.3) is 73.1 Å². The fourth-order valence-corrected chi connectivity index (χ4v) is 14.7. The van der Waals surface area contributed by atoms with E-state index in [0.717, 1.165) is 46.5 Å². The first-order chi connectivity index (χ1) is 53.9. The van der Waals surface area contributed by atoms with Crippen molar-refractivity contribution >= 4 is 11.0 Å². The summed E-state index contributed by atoms with van der Waals surface area (Å²) in [5.74, 6) is 3.83. The van der Waals surface area contributed by atoms with Crippen molar-refractivity contribution in [3.63, 3.8) is 0 Å². The van der Waals surface area contributed by atoms with Gasteiger partial charge in [0.25, 0.3) is 5.82 Å². The number of hydrogen-bond donors (Lipinski definition) is 0. The van der Waals surface area contributed by atoms with Crippen molar-refractivity contribution < 1.29 is 32.4 Å². The Morgan fingerprint density at radius 3 is 1.21 bits per heavy atom. The number of rotatable bonds is 17. The van der Waals surface area contributed by atoms with Crippen LogP contribution in [0, 0.1) is 85.9 Å². The summed E-state index contributed by atoms with van der Waals surface area (Å²) in [6.07, 6.45) is 7.88. The molecule has 7 aromatic carbocycles. The van der Waals surface area contributed by atoms with Crippen LogP contribution >= 0.6 is 0 Å². The maximum Gasteiger partial charge on any atom is 0.295 e. The molecule has 0 bridgehead atoms. The van der Waals surface area contributed by atoms with E-state index in [1.165, 1.54) is 117 Å². The largest absolute Gasteiger partial charge is 0.295 e. The number of imidazole rings is 1. The second-order valence-electron chi connectivity index (χ2n) is 32.6. The average Bonchev–Trinajstić information content (AvgIpc) is 1.59. The van der Waals surface area contributed by atoms with Gasteiger partial charge in [0.15, 0.2) is 35.8 Å². The molecule has 0 fully saturated rings. The molecule has 566 valence electrons. The molecule has 0 amide bonds. The van der Waals surface area contributed by atoms with E-state index in [0.29, 0.717) is 40.7 Å². The van der Waals surface area contributed by atoms with E-state index in [-0.39, 0.29) is 11.8 Å². The predicted molar refractivity (Wildman–Crippen MR) is 461 cm³/mol. The molecule has 6 nitrogen and oxygen atoms in total. The minimum Gasteiger partial charge on any atom is -0.225 e. The molecule has 0 unspecified atom stereocenters. The number of nitrogens with zero attached hydrogens (tertiary/aromatic N) is 6. The fourth-order valence-electron chi connectivity index (χ4n) is 14.7. The lowest BCUT2D eigenvalue weighted by atomic mass is 9.87. The second kappa shape index (κ2) is 38.1. The lowest BCUT2D eigenvalue weighted by Crippen LogP contribution is -2.32. The SMILES string of the molecule is Cc1cc(-c2ccccc2C)[n+](C)cc1CC(C)C.Cc1ccc(-c2ccc(CC(C)C)c[n+]2C)c(C)c1.Cc1ccccc1-c1n(-c2c(C(C)C)cc(C(C)C)cc2C(C)C)c2ccccc2[n+]1C.[2H]C([2H])([2H])c1ccc(-c2ccc(C([2H])([2H])C(C)C)c[n+]2C)c(C)c1.[2H]C([2H])(c1c[n+](C)c(-c2ccccc2C)cc1C)C(C)C. The third-order valence-electron chi connectivity index (χ3n) is 20.3. The van der Waals surface area contributed by atoms with Gasteiger partial charge in [-0.15, -0.1) is 0 Å². The van der Waals surface area contributed by atoms with Crippen molar-refractivity contribution in [2.45, 2.75) is 203 Å². The maximum atomic E-state index is 8.33. The standard InChI is InChI=1S/C30H37N2.4C18H24N/c1-19(2)23-17-25(20(3)4)29(26(18-23)21(5)6)32-28-16-12-11-15-27(28)31(8)30(32)24-14-10-9-13-22(24)7;2*1-13(2)10-16-7-9-18(19(5)12-16)17-8-6-14(3)11-15(17)4;2*1-13(2)10-16-12-19(5)18(11-15(16)4)17-9-7-6-8-14(17)3/h9-21H,1-8H3;4*6-9,11-13H,10H2,1-5H3/q5*+1/i;3D3,10D2;;10D2;. The van der Waals surface area contributed by atoms with Crippen molar-refractivity contribution in [1.82, 2.24) is 4.57 Å². The summed E-state index contributed by atoms with van der Waals surface area (Å²) < 4.78 is 69.0. The number of pyridine rings is 4. The topological polar surface area (TPSA) is 24.3 Å². The van der Waals surface area contributed by atoms with Gasteiger partial charge in [-0.2, -0.15) is 4.57 Å². The zero-order chi connectivity index (χ0) is 85.2. The smallest absolute Gasteiger partial charge is 0.225 e. The van der Waals surface area contributed by atoms with Crippen LogP contribution in [0.1, 0.15) is 213 Å². The Bertz CT molecular complexity index is 5330. The highest BCUT2D eigenvalue weighted by molar-refractivity contribution is 5.81. The molecule has 0 aliphatic rings. The molecule has 0 radical (unpaired) electrons. The van der Waals surface area contributed by atoms with Gasteiger partial charge in [-0.1, -0.05) is 211 Å². The summed E-state index contributed by atoms with van der Waals surface area (Å²) in [4.78, 5) is 0. The highest BCUT2D eigenvalue weighted by Crippen LogP contribution is 2.40. The molecule has 0 atom stereocenters. The number of aromatic nitrogens is 6. The molecule has 0 saturated carbocycles.